The molecule has 0 fully saturated rings. The average Bonchev–Trinajstić information content (AvgIpc) is 2.77. The van der Waals surface area contributed by atoms with Crippen LogP contribution in [0.5, 0.6) is 0 Å². The molecule has 0 aliphatic rings. The number of nitrogens with one attached hydrogen (secondary N) is 2. The summed E-state index contributed by atoms with van der Waals surface area (Å²) in [5, 5.41) is 5.38. The van der Waals surface area contributed by atoms with Crippen LogP contribution in [-0.4, -0.2) is 22.4 Å². The number of alkyl halides is 6. The molecule has 1 atom stereocenters. The van der Waals surface area contributed by atoms with Gasteiger partial charge in [-0.05, 0) is 48.9 Å². The van der Waals surface area contributed by atoms with E-state index in [2.05, 4.69) is 20.6 Å². The molecular weight excluding hydrogens is 450 g/mol. The molecule has 0 radical (unpaired) electrons. The predicted molar refractivity (Wildman–Crippen MR) is 108 cm³/mol. The molecular formula is C22H18F6N4O. The van der Waals surface area contributed by atoms with E-state index in [0.29, 0.717) is 12.4 Å². The van der Waals surface area contributed by atoms with Crippen molar-refractivity contribution in [1.82, 2.24) is 15.3 Å². The lowest BCUT2D eigenvalue weighted by Crippen LogP contribution is -2.31. The number of carbonyl (C=O) groups excluding carboxylic acids is 1. The van der Waals surface area contributed by atoms with Crippen molar-refractivity contribution in [1.29, 1.82) is 0 Å². The monoisotopic (exact) mass is 468 g/mol. The zero-order valence-electron chi connectivity index (χ0n) is 17.1. The summed E-state index contributed by atoms with van der Waals surface area (Å²) in [5.74, 6) is -0.272. The summed E-state index contributed by atoms with van der Waals surface area (Å²) in [6.07, 6.45) is -7.08. The first kappa shape index (κ1) is 24.0. The molecule has 174 valence electrons. The Labute approximate surface area is 184 Å². The van der Waals surface area contributed by atoms with E-state index in [1.54, 1.807) is 0 Å². The minimum atomic E-state index is -4.80. The van der Waals surface area contributed by atoms with Crippen molar-refractivity contribution in [3.63, 3.8) is 0 Å². The van der Waals surface area contributed by atoms with Crippen molar-refractivity contribution in [3.05, 3.63) is 88.9 Å². The van der Waals surface area contributed by atoms with Crippen LogP contribution in [0.2, 0.25) is 0 Å². The summed E-state index contributed by atoms with van der Waals surface area (Å²) in [6, 6.07) is 6.84. The van der Waals surface area contributed by atoms with Gasteiger partial charge in [-0.25, -0.2) is 4.98 Å². The lowest BCUT2D eigenvalue weighted by Gasteiger charge is -2.23. The standard InChI is InChI=1S/C22H18F6N4O/c1-2-29-17-10-7-14(12-31-17)20(33)32-18(13-5-8-15(9-6-13)21(23,24)25)19-16(22(26,27)28)4-3-11-30-19/h3-12,18H,2H2,1H3,(H,29,31)(H,32,33)/t18-/m0/s1. The Morgan fingerprint density at radius 1 is 0.939 bits per heavy atom. The number of carbonyl (C=O) groups is 1. The van der Waals surface area contributed by atoms with Gasteiger partial charge in [-0.15, -0.1) is 0 Å². The van der Waals surface area contributed by atoms with Gasteiger partial charge >= 0.3 is 12.4 Å². The van der Waals surface area contributed by atoms with E-state index in [4.69, 9.17) is 0 Å². The van der Waals surface area contributed by atoms with Crippen LogP contribution >= 0.6 is 0 Å². The highest BCUT2D eigenvalue weighted by atomic mass is 19.4. The van der Waals surface area contributed by atoms with Crippen molar-refractivity contribution in [2.45, 2.75) is 25.3 Å². The quantitative estimate of drug-likeness (QED) is 0.471. The Bertz CT molecular complexity index is 1100. The van der Waals surface area contributed by atoms with Gasteiger partial charge in [0.25, 0.3) is 5.91 Å². The lowest BCUT2D eigenvalue weighted by molar-refractivity contribution is -0.139. The lowest BCUT2D eigenvalue weighted by atomic mass is 9.97. The summed E-state index contributed by atoms with van der Waals surface area (Å²) in [4.78, 5) is 20.6. The highest BCUT2D eigenvalue weighted by Crippen LogP contribution is 2.36. The second-order valence-electron chi connectivity index (χ2n) is 6.92. The first-order valence-electron chi connectivity index (χ1n) is 9.70. The van der Waals surface area contributed by atoms with E-state index in [1.165, 1.54) is 18.3 Å². The average molecular weight is 468 g/mol. The molecule has 0 aliphatic carbocycles. The molecule has 1 aromatic carbocycles. The van der Waals surface area contributed by atoms with Gasteiger partial charge in [0.2, 0.25) is 0 Å². The third kappa shape index (κ3) is 5.79. The van der Waals surface area contributed by atoms with E-state index < -0.39 is 41.1 Å². The number of anilines is 1. The highest BCUT2D eigenvalue weighted by Gasteiger charge is 2.37. The van der Waals surface area contributed by atoms with Crippen LogP contribution in [-0.2, 0) is 12.4 Å². The zero-order valence-corrected chi connectivity index (χ0v) is 17.1. The van der Waals surface area contributed by atoms with E-state index >= 15 is 0 Å². The first-order valence-corrected chi connectivity index (χ1v) is 9.70. The van der Waals surface area contributed by atoms with Crippen molar-refractivity contribution in [3.8, 4) is 0 Å². The number of halogens is 6. The van der Waals surface area contributed by atoms with Gasteiger partial charge in [-0.3, -0.25) is 9.78 Å². The molecule has 33 heavy (non-hydrogen) atoms. The first-order chi connectivity index (χ1) is 15.5. The fraction of sp³-hybridized carbons (Fsp3) is 0.227. The van der Waals surface area contributed by atoms with Crippen LogP contribution in [0.25, 0.3) is 0 Å². The maximum absolute atomic E-state index is 13.6. The Balaban J connectivity index is 2.02. The number of aromatic nitrogens is 2. The molecule has 3 aromatic rings. The molecule has 1 amide bonds. The Kier molecular flexibility index (Phi) is 6.89. The van der Waals surface area contributed by atoms with Crippen molar-refractivity contribution in [2.75, 3.05) is 11.9 Å². The molecule has 0 saturated heterocycles. The Hall–Kier alpha value is -3.63. The topological polar surface area (TPSA) is 66.9 Å². The van der Waals surface area contributed by atoms with Gasteiger partial charge in [0.1, 0.15) is 5.82 Å². The molecule has 0 spiro atoms. The summed E-state index contributed by atoms with van der Waals surface area (Å²) < 4.78 is 79.6. The zero-order chi connectivity index (χ0) is 24.2. The fourth-order valence-corrected chi connectivity index (χ4v) is 3.09. The summed E-state index contributed by atoms with van der Waals surface area (Å²) >= 11 is 0. The minimum absolute atomic E-state index is 0.00206. The van der Waals surface area contributed by atoms with Gasteiger partial charge < -0.3 is 10.6 Å². The predicted octanol–water partition coefficient (Wildman–Crippen LogP) is 5.47. The van der Waals surface area contributed by atoms with Gasteiger partial charge in [-0.2, -0.15) is 26.3 Å². The molecule has 2 aromatic heterocycles. The molecule has 11 heteroatoms. The largest absolute Gasteiger partial charge is 0.418 e. The number of nitrogens with zero attached hydrogens (tertiary/aromatic N) is 2. The van der Waals surface area contributed by atoms with Crippen molar-refractivity contribution >= 4 is 11.7 Å². The number of hydrogen-bond acceptors (Lipinski definition) is 4. The number of hydrogen-bond donors (Lipinski definition) is 2. The van der Waals surface area contributed by atoms with Crippen LogP contribution in [0.1, 0.15) is 45.7 Å². The number of rotatable bonds is 6. The van der Waals surface area contributed by atoms with E-state index in [1.807, 2.05) is 6.92 Å². The van der Waals surface area contributed by atoms with Gasteiger partial charge in [-0.1, -0.05) is 12.1 Å². The minimum Gasteiger partial charge on any atom is -0.370 e. The number of pyridine rings is 2. The fourth-order valence-electron chi connectivity index (χ4n) is 3.09. The second kappa shape index (κ2) is 9.47. The molecule has 5 nitrogen and oxygen atoms in total. The van der Waals surface area contributed by atoms with Crippen LogP contribution in [0.15, 0.2) is 60.9 Å². The molecule has 0 bridgehead atoms. The van der Waals surface area contributed by atoms with Gasteiger partial charge in [0.15, 0.2) is 0 Å². The van der Waals surface area contributed by atoms with Gasteiger partial charge in [0.05, 0.1) is 28.4 Å². The third-order valence-electron chi connectivity index (χ3n) is 4.65. The molecule has 0 aliphatic heterocycles. The summed E-state index contributed by atoms with van der Waals surface area (Å²) in [5.41, 5.74) is -2.58. The normalized spacial score (nSPS) is 12.8. The van der Waals surface area contributed by atoms with Crippen LogP contribution in [0, 0.1) is 0 Å². The van der Waals surface area contributed by atoms with Gasteiger partial charge in [0, 0.05) is 18.9 Å². The van der Waals surface area contributed by atoms with Crippen molar-refractivity contribution in [2.24, 2.45) is 0 Å². The smallest absolute Gasteiger partial charge is 0.370 e. The Morgan fingerprint density at radius 2 is 1.64 bits per heavy atom. The maximum atomic E-state index is 13.6. The SMILES string of the molecule is CCNc1ccc(C(=O)N[C@@H](c2ccc(C(F)(F)F)cc2)c2ncccc2C(F)(F)F)cn1. The Morgan fingerprint density at radius 3 is 2.18 bits per heavy atom. The molecule has 3 rings (SSSR count). The van der Waals surface area contributed by atoms with Crippen LogP contribution < -0.4 is 10.6 Å². The van der Waals surface area contributed by atoms with Crippen LogP contribution in [0.4, 0.5) is 32.2 Å². The summed E-state index contributed by atoms with van der Waals surface area (Å²) in [7, 11) is 0. The van der Waals surface area contributed by atoms with Crippen LogP contribution in [0.3, 0.4) is 0 Å². The molecule has 0 unspecified atom stereocenters. The highest BCUT2D eigenvalue weighted by molar-refractivity contribution is 5.94. The second-order valence-corrected chi connectivity index (χ2v) is 6.92. The maximum Gasteiger partial charge on any atom is 0.418 e. The van der Waals surface area contributed by atoms with Crippen molar-refractivity contribution < 1.29 is 31.1 Å². The third-order valence-corrected chi connectivity index (χ3v) is 4.65. The van der Waals surface area contributed by atoms with E-state index in [0.717, 1.165) is 42.6 Å². The van der Waals surface area contributed by atoms with E-state index in [-0.39, 0.29) is 11.1 Å². The van der Waals surface area contributed by atoms with E-state index in [9.17, 15) is 31.1 Å². The number of amides is 1. The molecule has 2 heterocycles. The summed E-state index contributed by atoms with van der Waals surface area (Å²) in [6.45, 7) is 2.44. The molecule has 0 saturated carbocycles. The molecule has 2 N–H and O–H groups in total. The number of benzene rings is 1.